The van der Waals surface area contributed by atoms with Gasteiger partial charge in [0.05, 0.1) is 16.1 Å². The van der Waals surface area contributed by atoms with Gasteiger partial charge >= 0.3 is 0 Å². The van der Waals surface area contributed by atoms with Crippen molar-refractivity contribution < 1.29 is 4.79 Å². The number of thioether (sulfide) groups is 1. The van der Waals surface area contributed by atoms with Crippen LogP contribution in [0, 0.1) is 5.92 Å². The number of para-hydroxylation sites is 1. The third kappa shape index (κ3) is 2.83. The number of anilines is 1. The molecule has 3 heterocycles. The average Bonchev–Trinajstić information content (AvgIpc) is 3.32. The number of rotatable bonds is 3. The Morgan fingerprint density at radius 2 is 2.13 bits per heavy atom. The summed E-state index contributed by atoms with van der Waals surface area (Å²) in [6.07, 6.45) is 5.38. The molecule has 122 valence electrons. The monoisotopic (exact) mass is 347 g/mol. The topological polar surface area (TPSA) is 36.4 Å². The highest BCUT2D eigenvalue weighted by molar-refractivity contribution is 7.98. The number of hydrogen-bond acceptors (Lipinski definition) is 5. The Hall–Kier alpha value is -1.27. The molecule has 2 saturated heterocycles. The fourth-order valence-corrected chi connectivity index (χ4v) is 5.20. The molecule has 1 aromatic carbocycles. The van der Waals surface area contributed by atoms with Crippen LogP contribution in [0.15, 0.2) is 23.1 Å². The molecule has 2 fully saturated rings. The highest BCUT2D eigenvalue weighted by atomic mass is 32.2. The largest absolute Gasteiger partial charge is 0.347 e. The maximum atomic E-state index is 12.6. The first-order valence-corrected chi connectivity index (χ1v) is 10.3. The van der Waals surface area contributed by atoms with Crippen molar-refractivity contribution >= 4 is 44.4 Å². The number of carbonyl (C=O) groups is 1. The Morgan fingerprint density at radius 1 is 1.30 bits per heavy atom. The molecule has 1 unspecified atom stereocenters. The number of aromatic nitrogens is 1. The van der Waals surface area contributed by atoms with Crippen LogP contribution in [0.1, 0.15) is 19.3 Å². The Kier molecular flexibility index (Phi) is 4.20. The van der Waals surface area contributed by atoms with Gasteiger partial charge in [0.15, 0.2) is 5.13 Å². The van der Waals surface area contributed by atoms with E-state index in [2.05, 4.69) is 34.3 Å². The Morgan fingerprint density at radius 3 is 2.91 bits per heavy atom. The van der Waals surface area contributed by atoms with Crippen molar-refractivity contribution in [2.45, 2.75) is 24.2 Å². The normalized spacial score (nSPS) is 21.5. The number of amides is 1. The first-order chi connectivity index (χ1) is 11.3. The van der Waals surface area contributed by atoms with Gasteiger partial charge in [0, 0.05) is 31.1 Å². The third-order valence-corrected chi connectivity index (χ3v) is 6.67. The maximum absolute atomic E-state index is 12.6. The zero-order valence-electron chi connectivity index (χ0n) is 13.3. The fourth-order valence-electron chi connectivity index (χ4n) is 3.54. The molecule has 0 radical (unpaired) electrons. The van der Waals surface area contributed by atoms with E-state index in [4.69, 9.17) is 4.98 Å². The summed E-state index contributed by atoms with van der Waals surface area (Å²) in [5.74, 6) is 0.510. The number of nitrogens with zero attached hydrogens (tertiary/aromatic N) is 3. The molecule has 4 rings (SSSR count). The zero-order valence-corrected chi connectivity index (χ0v) is 15.0. The first-order valence-electron chi connectivity index (χ1n) is 8.23. The lowest BCUT2D eigenvalue weighted by Gasteiger charge is -2.20. The van der Waals surface area contributed by atoms with E-state index in [9.17, 15) is 4.79 Å². The van der Waals surface area contributed by atoms with E-state index < -0.39 is 0 Å². The van der Waals surface area contributed by atoms with E-state index in [0.717, 1.165) is 56.1 Å². The van der Waals surface area contributed by atoms with Crippen LogP contribution in [0.3, 0.4) is 0 Å². The van der Waals surface area contributed by atoms with Crippen LogP contribution in [0.2, 0.25) is 0 Å². The second-order valence-electron chi connectivity index (χ2n) is 6.27. The van der Waals surface area contributed by atoms with Crippen LogP contribution in [0.25, 0.3) is 10.2 Å². The van der Waals surface area contributed by atoms with Crippen molar-refractivity contribution in [2.75, 3.05) is 37.3 Å². The SMILES string of the molecule is CSc1cccc2sc(N3CCC(C(=O)N4CCCC4)C3)nc12. The van der Waals surface area contributed by atoms with E-state index in [1.807, 2.05) is 0 Å². The summed E-state index contributed by atoms with van der Waals surface area (Å²) < 4.78 is 1.24. The molecule has 2 aliphatic heterocycles. The van der Waals surface area contributed by atoms with Gasteiger partial charge in [-0.1, -0.05) is 17.4 Å². The second kappa shape index (κ2) is 6.32. The highest BCUT2D eigenvalue weighted by Gasteiger charge is 2.33. The molecule has 23 heavy (non-hydrogen) atoms. The van der Waals surface area contributed by atoms with Crippen LogP contribution >= 0.6 is 23.1 Å². The van der Waals surface area contributed by atoms with Crippen molar-refractivity contribution in [3.05, 3.63) is 18.2 Å². The van der Waals surface area contributed by atoms with Crippen LogP contribution in [-0.2, 0) is 4.79 Å². The summed E-state index contributed by atoms with van der Waals surface area (Å²) in [6.45, 7) is 3.67. The summed E-state index contributed by atoms with van der Waals surface area (Å²) in [4.78, 5) is 23.0. The molecule has 2 aliphatic rings. The molecule has 1 amide bonds. The average molecular weight is 348 g/mol. The fraction of sp³-hybridized carbons (Fsp3) is 0.529. The summed E-state index contributed by atoms with van der Waals surface area (Å²) in [5.41, 5.74) is 1.11. The van der Waals surface area contributed by atoms with E-state index in [1.54, 1.807) is 23.1 Å². The van der Waals surface area contributed by atoms with Crippen molar-refractivity contribution in [1.29, 1.82) is 0 Å². The molecule has 0 bridgehead atoms. The lowest BCUT2D eigenvalue weighted by atomic mass is 10.1. The third-order valence-electron chi connectivity index (χ3n) is 4.82. The van der Waals surface area contributed by atoms with Gasteiger partial charge in [-0.3, -0.25) is 4.79 Å². The summed E-state index contributed by atoms with van der Waals surface area (Å²) in [6, 6.07) is 6.36. The standard InChI is InChI=1S/C17H21N3OS2/c1-22-13-5-4-6-14-15(13)18-17(23-14)20-10-7-12(11-20)16(21)19-8-2-3-9-19/h4-6,12H,2-3,7-11H2,1H3. The number of benzene rings is 1. The lowest BCUT2D eigenvalue weighted by molar-refractivity contribution is -0.133. The van der Waals surface area contributed by atoms with Crippen molar-refractivity contribution in [3.8, 4) is 0 Å². The van der Waals surface area contributed by atoms with Crippen molar-refractivity contribution in [3.63, 3.8) is 0 Å². The smallest absolute Gasteiger partial charge is 0.227 e. The zero-order chi connectivity index (χ0) is 15.8. The van der Waals surface area contributed by atoms with Crippen LogP contribution < -0.4 is 4.90 Å². The molecule has 2 aromatic rings. The molecule has 6 heteroatoms. The van der Waals surface area contributed by atoms with Gasteiger partial charge in [0.2, 0.25) is 5.91 Å². The molecule has 0 N–H and O–H groups in total. The molecule has 4 nitrogen and oxygen atoms in total. The van der Waals surface area contributed by atoms with Gasteiger partial charge in [0.25, 0.3) is 0 Å². The summed E-state index contributed by atoms with van der Waals surface area (Å²) in [5, 5.41) is 1.07. The summed E-state index contributed by atoms with van der Waals surface area (Å²) >= 11 is 3.49. The minimum atomic E-state index is 0.153. The number of likely N-dealkylation sites (tertiary alicyclic amines) is 1. The number of thiazole rings is 1. The first kappa shape index (κ1) is 15.3. The minimum absolute atomic E-state index is 0.153. The molecule has 0 aliphatic carbocycles. The quantitative estimate of drug-likeness (QED) is 0.797. The molecule has 1 atom stereocenters. The molecule has 0 spiro atoms. The minimum Gasteiger partial charge on any atom is -0.347 e. The van der Waals surface area contributed by atoms with Gasteiger partial charge in [0.1, 0.15) is 0 Å². The summed E-state index contributed by atoms with van der Waals surface area (Å²) in [7, 11) is 0. The van der Waals surface area contributed by atoms with E-state index in [0.29, 0.717) is 5.91 Å². The Balaban J connectivity index is 1.52. The van der Waals surface area contributed by atoms with Gasteiger partial charge in [-0.05, 0) is 37.7 Å². The van der Waals surface area contributed by atoms with E-state index in [-0.39, 0.29) is 5.92 Å². The molecule has 0 saturated carbocycles. The van der Waals surface area contributed by atoms with Gasteiger partial charge in [-0.25, -0.2) is 4.98 Å². The Labute approximate surface area is 144 Å². The highest BCUT2D eigenvalue weighted by Crippen LogP contribution is 2.36. The van der Waals surface area contributed by atoms with Crippen LogP contribution in [0.5, 0.6) is 0 Å². The van der Waals surface area contributed by atoms with Gasteiger partial charge < -0.3 is 9.80 Å². The number of carbonyl (C=O) groups excluding carboxylic acids is 1. The van der Waals surface area contributed by atoms with Crippen LogP contribution in [0.4, 0.5) is 5.13 Å². The van der Waals surface area contributed by atoms with Gasteiger partial charge in [-0.15, -0.1) is 11.8 Å². The van der Waals surface area contributed by atoms with E-state index >= 15 is 0 Å². The van der Waals surface area contributed by atoms with E-state index in [1.165, 1.54) is 9.60 Å². The Bertz CT molecular complexity index is 724. The van der Waals surface area contributed by atoms with Crippen molar-refractivity contribution in [2.24, 2.45) is 5.92 Å². The number of fused-ring (bicyclic) bond motifs is 1. The van der Waals surface area contributed by atoms with Gasteiger partial charge in [-0.2, -0.15) is 0 Å². The maximum Gasteiger partial charge on any atom is 0.227 e. The van der Waals surface area contributed by atoms with Crippen molar-refractivity contribution in [1.82, 2.24) is 9.88 Å². The van der Waals surface area contributed by atoms with Crippen LogP contribution in [-0.4, -0.2) is 48.2 Å². The predicted octanol–water partition coefficient (Wildman–Crippen LogP) is 3.47. The molecular formula is C17H21N3OS2. The molecule has 1 aromatic heterocycles. The lowest BCUT2D eigenvalue weighted by Crippen LogP contribution is -2.35. The molecular weight excluding hydrogens is 326 g/mol. The second-order valence-corrected chi connectivity index (χ2v) is 8.12. The number of hydrogen-bond donors (Lipinski definition) is 0. The predicted molar refractivity (Wildman–Crippen MR) is 97.5 cm³/mol.